The van der Waals surface area contributed by atoms with E-state index in [0.29, 0.717) is 30.0 Å². The molecule has 40 heavy (non-hydrogen) atoms. The van der Waals surface area contributed by atoms with Crippen LogP contribution in [0.5, 0.6) is 0 Å². The quantitative estimate of drug-likeness (QED) is 0.422. The lowest BCUT2D eigenvalue weighted by Gasteiger charge is -2.48. The van der Waals surface area contributed by atoms with Gasteiger partial charge in [-0.2, -0.15) is 0 Å². The van der Waals surface area contributed by atoms with Gasteiger partial charge in [0.25, 0.3) is 5.91 Å². The standard InChI is InChI=1S/C32H45FN6O/c1-7-38(22(4)5)32(40)29-15-26(33)8-9-27(29)28-14-24(19-39-23(6)35-16-30(28)39)25-17-37(18-25)31(21(2)3)20-36-12-10-34-11-13-36/h8-9,14-16,19,21-22,25,31,34H,7,10-13,17-18,20H2,1-6H3/t31-/m0/s1. The molecular formula is C32H45FN6O. The van der Waals surface area contributed by atoms with Crippen LogP contribution in [0.3, 0.4) is 0 Å². The van der Waals surface area contributed by atoms with E-state index in [2.05, 4.69) is 50.6 Å². The van der Waals surface area contributed by atoms with E-state index < -0.39 is 5.82 Å². The Kier molecular flexibility index (Phi) is 8.59. The Labute approximate surface area is 238 Å². The number of carbonyl (C=O) groups excluding carboxylic acids is 1. The molecular weight excluding hydrogens is 503 g/mol. The second-order valence-electron chi connectivity index (χ2n) is 12.1. The number of benzene rings is 1. The van der Waals surface area contributed by atoms with Crippen molar-refractivity contribution in [2.75, 3.05) is 52.4 Å². The Morgan fingerprint density at radius 2 is 1.85 bits per heavy atom. The summed E-state index contributed by atoms with van der Waals surface area (Å²) < 4.78 is 16.7. The largest absolute Gasteiger partial charge is 0.336 e. The van der Waals surface area contributed by atoms with Crippen molar-refractivity contribution >= 4 is 11.4 Å². The van der Waals surface area contributed by atoms with Crippen LogP contribution in [0, 0.1) is 18.7 Å². The van der Waals surface area contributed by atoms with Gasteiger partial charge in [-0.1, -0.05) is 19.9 Å². The van der Waals surface area contributed by atoms with Crippen LogP contribution >= 0.6 is 0 Å². The van der Waals surface area contributed by atoms with E-state index in [4.69, 9.17) is 0 Å². The number of imidazole rings is 1. The molecule has 5 rings (SSSR count). The Morgan fingerprint density at radius 3 is 2.50 bits per heavy atom. The summed E-state index contributed by atoms with van der Waals surface area (Å²) >= 11 is 0. The van der Waals surface area contributed by atoms with Gasteiger partial charge < -0.3 is 14.6 Å². The van der Waals surface area contributed by atoms with Crippen molar-refractivity contribution < 1.29 is 9.18 Å². The summed E-state index contributed by atoms with van der Waals surface area (Å²) in [5.41, 5.74) is 4.26. The zero-order valence-electron chi connectivity index (χ0n) is 25.0. The Balaban J connectivity index is 1.47. The number of nitrogens with one attached hydrogen (secondary N) is 1. The first-order valence-corrected chi connectivity index (χ1v) is 14.9. The summed E-state index contributed by atoms with van der Waals surface area (Å²) in [6.07, 6.45) is 4.07. The molecule has 1 aromatic carbocycles. The maximum atomic E-state index is 14.5. The molecule has 0 spiro atoms. The lowest BCUT2D eigenvalue weighted by Crippen LogP contribution is -2.58. The van der Waals surface area contributed by atoms with Crippen molar-refractivity contribution in [3.63, 3.8) is 0 Å². The minimum atomic E-state index is -0.400. The van der Waals surface area contributed by atoms with Gasteiger partial charge in [0.1, 0.15) is 11.6 Å². The molecule has 2 fully saturated rings. The Hall–Kier alpha value is -2.81. The smallest absolute Gasteiger partial charge is 0.254 e. The van der Waals surface area contributed by atoms with Crippen molar-refractivity contribution in [2.24, 2.45) is 5.92 Å². The number of aryl methyl sites for hydroxylation is 1. The number of likely N-dealkylation sites (tertiary alicyclic amines) is 1. The fraction of sp³-hybridized carbons (Fsp3) is 0.562. The van der Waals surface area contributed by atoms with E-state index in [1.54, 1.807) is 11.0 Å². The molecule has 0 unspecified atom stereocenters. The molecule has 1 N–H and O–H groups in total. The average Bonchev–Trinajstić information content (AvgIpc) is 3.28. The highest BCUT2D eigenvalue weighted by molar-refractivity contribution is 6.03. The zero-order valence-corrected chi connectivity index (χ0v) is 25.0. The number of rotatable bonds is 9. The van der Waals surface area contributed by atoms with Gasteiger partial charge in [-0.05, 0) is 62.9 Å². The highest BCUT2D eigenvalue weighted by Gasteiger charge is 2.36. The second-order valence-corrected chi connectivity index (χ2v) is 12.1. The SMILES string of the molecule is CCN(C(=O)c1cc(F)ccc1-c1cc(C2CN([C@@H](CN3CCNCC3)C(C)C)C2)cn2c(C)ncc12)C(C)C. The highest BCUT2D eigenvalue weighted by atomic mass is 19.1. The third-order valence-corrected chi connectivity index (χ3v) is 8.85. The van der Waals surface area contributed by atoms with Crippen LogP contribution in [0.2, 0.25) is 0 Å². The minimum absolute atomic E-state index is 0.0215. The second kappa shape index (κ2) is 12.0. The van der Waals surface area contributed by atoms with Gasteiger partial charge in [0.2, 0.25) is 0 Å². The molecule has 4 heterocycles. The molecule has 0 aliphatic carbocycles. The van der Waals surface area contributed by atoms with Gasteiger partial charge in [0, 0.05) is 82.1 Å². The van der Waals surface area contributed by atoms with Crippen molar-refractivity contribution in [1.82, 2.24) is 29.4 Å². The predicted molar refractivity (Wildman–Crippen MR) is 159 cm³/mol. The predicted octanol–water partition coefficient (Wildman–Crippen LogP) is 4.65. The molecule has 2 aliphatic heterocycles. The van der Waals surface area contributed by atoms with Gasteiger partial charge in [0.05, 0.1) is 17.3 Å². The van der Waals surface area contributed by atoms with E-state index in [1.807, 2.05) is 33.9 Å². The summed E-state index contributed by atoms with van der Waals surface area (Å²) in [5, 5.41) is 3.46. The third kappa shape index (κ3) is 5.67. The molecule has 216 valence electrons. The number of nitrogens with zero attached hydrogens (tertiary/aromatic N) is 5. The van der Waals surface area contributed by atoms with Crippen molar-refractivity contribution in [3.05, 3.63) is 59.4 Å². The highest BCUT2D eigenvalue weighted by Crippen LogP contribution is 2.37. The number of hydrogen-bond acceptors (Lipinski definition) is 5. The molecule has 0 saturated carbocycles. The minimum Gasteiger partial charge on any atom is -0.336 e. The lowest BCUT2D eigenvalue weighted by atomic mass is 9.86. The first kappa shape index (κ1) is 28.7. The maximum Gasteiger partial charge on any atom is 0.254 e. The van der Waals surface area contributed by atoms with Crippen LogP contribution in [-0.4, -0.2) is 94.4 Å². The molecule has 0 radical (unpaired) electrons. The van der Waals surface area contributed by atoms with Gasteiger partial charge in [0.15, 0.2) is 0 Å². The third-order valence-electron chi connectivity index (χ3n) is 8.85. The summed E-state index contributed by atoms with van der Waals surface area (Å²) in [6.45, 7) is 20.7. The molecule has 2 aliphatic rings. The van der Waals surface area contributed by atoms with Crippen molar-refractivity contribution in [2.45, 2.75) is 59.5 Å². The monoisotopic (exact) mass is 548 g/mol. The number of fused-ring (bicyclic) bond motifs is 1. The fourth-order valence-electron chi connectivity index (χ4n) is 6.41. The average molecular weight is 549 g/mol. The number of pyridine rings is 1. The van der Waals surface area contributed by atoms with Gasteiger partial charge in [-0.25, -0.2) is 9.37 Å². The summed E-state index contributed by atoms with van der Waals surface area (Å²) in [7, 11) is 0. The molecule has 7 nitrogen and oxygen atoms in total. The summed E-state index contributed by atoms with van der Waals surface area (Å²) in [6, 6.07) is 7.38. The Morgan fingerprint density at radius 1 is 1.12 bits per heavy atom. The number of halogens is 1. The number of hydrogen-bond donors (Lipinski definition) is 1. The molecule has 1 amide bonds. The molecule has 0 bridgehead atoms. The lowest BCUT2D eigenvalue weighted by molar-refractivity contribution is 0.0377. The molecule has 8 heteroatoms. The van der Waals surface area contributed by atoms with Gasteiger partial charge in [-0.15, -0.1) is 0 Å². The van der Waals surface area contributed by atoms with Crippen LogP contribution in [0.4, 0.5) is 4.39 Å². The van der Waals surface area contributed by atoms with Crippen LogP contribution in [0.1, 0.15) is 62.3 Å². The summed E-state index contributed by atoms with van der Waals surface area (Å²) in [4.78, 5) is 25.3. The first-order chi connectivity index (χ1) is 19.2. The molecule has 3 aromatic rings. The van der Waals surface area contributed by atoms with E-state index in [-0.39, 0.29) is 11.9 Å². The molecule has 2 saturated heterocycles. The normalized spacial score (nSPS) is 18.0. The Bertz CT molecular complexity index is 1340. The van der Waals surface area contributed by atoms with E-state index in [9.17, 15) is 9.18 Å². The van der Waals surface area contributed by atoms with Crippen LogP contribution in [0.25, 0.3) is 16.6 Å². The maximum absolute atomic E-state index is 14.5. The van der Waals surface area contributed by atoms with Crippen molar-refractivity contribution in [3.8, 4) is 11.1 Å². The summed E-state index contributed by atoms with van der Waals surface area (Å²) in [5.74, 6) is 1.34. The van der Waals surface area contributed by atoms with E-state index in [1.165, 1.54) is 17.7 Å². The number of amides is 1. The van der Waals surface area contributed by atoms with Crippen molar-refractivity contribution in [1.29, 1.82) is 0 Å². The topological polar surface area (TPSA) is 56.1 Å². The fourth-order valence-corrected chi connectivity index (χ4v) is 6.41. The van der Waals surface area contributed by atoms with Gasteiger partial charge in [-0.3, -0.25) is 14.6 Å². The van der Waals surface area contributed by atoms with E-state index in [0.717, 1.165) is 68.3 Å². The molecule has 2 aromatic heterocycles. The van der Waals surface area contributed by atoms with Crippen LogP contribution in [0.15, 0.2) is 36.7 Å². The number of piperazine rings is 1. The molecule has 1 atom stereocenters. The first-order valence-electron chi connectivity index (χ1n) is 14.9. The van der Waals surface area contributed by atoms with Crippen LogP contribution in [-0.2, 0) is 0 Å². The number of aromatic nitrogens is 2. The van der Waals surface area contributed by atoms with Crippen LogP contribution < -0.4 is 5.32 Å². The zero-order chi connectivity index (χ0) is 28.6. The van der Waals surface area contributed by atoms with Gasteiger partial charge >= 0.3 is 0 Å². The number of carbonyl (C=O) groups is 1. The van der Waals surface area contributed by atoms with E-state index >= 15 is 0 Å².